The number of pyridine rings is 1. The van der Waals surface area contributed by atoms with Crippen LogP contribution in [-0.4, -0.2) is 59.0 Å². The van der Waals surface area contributed by atoms with E-state index in [9.17, 15) is 9.59 Å². The highest BCUT2D eigenvalue weighted by molar-refractivity contribution is 5.92. The summed E-state index contributed by atoms with van der Waals surface area (Å²) in [5.41, 5.74) is 5.63. The first kappa shape index (κ1) is 21.0. The van der Waals surface area contributed by atoms with Crippen LogP contribution in [0.3, 0.4) is 0 Å². The molecule has 0 saturated carbocycles. The van der Waals surface area contributed by atoms with E-state index < -0.39 is 0 Å². The zero-order valence-electron chi connectivity index (χ0n) is 18.2. The molecule has 0 spiro atoms. The molecule has 8 nitrogen and oxygen atoms in total. The fourth-order valence-electron chi connectivity index (χ4n) is 4.06. The van der Waals surface area contributed by atoms with Crippen molar-refractivity contribution in [3.63, 3.8) is 0 Å². The zero-order valence-corrected chi connectivity index (χ0v) is 18.2. The molecular weight excluding hydrogens is 392 g/mol. The maximum atomic E-state index is 12.1. The Labute approximate surface area is 181 Å². The Morgan fingerprint density at radius 3 is 2.58 bits per heavy atom. The van der Waals surface area contributed by atoms with Gasteiger partial charge in [-0.3, -0.25) is 14.5 Å². The second kappa shape index (κ2) is 8.85. The number of nitrogens with zero attached hydrogens (tertiary/aromatic N) is 4. The lowest BCUT2D eigenvalue weighted by Gasteiger charge is -2.36. The lowest BCUT2D eigenvalue weighted by atomic mass is 10.1. The first-order chi connectivity index (χ1) is 15.0. The SMILES string of the molecule is CCc1nc2ccc(CN3CCN(c4ccc(C(=O)NC)nc4C)CC3)cc2[nH]c1=O. The van der Waals surface area contributed by atoms with Crippen molar-refractivity contribution in [1.82, 2.24) is 25.2 Å². The summed E-state index contributed by atoms with van der Waals surface area (Å²) >= 11 is 0. The van der Waals surface area contributed by atoms with E-state index >= 15 is 0 Å². The molecular formula is C23H28N6O2. The Kier molecular flexibility index (Phi) is 5.99. The summed E-state index contributed by atoms with van der Waals surface area (Å²) < 4.78 is 0. The first-order valence-electron chi connectivity index (χ1n) is 10.7. The van der Waals surface area contributed by atoms with Gasteiger partial charge in [0.15, 0.2) is 0 Å². The number of carbonyl (C=O) groups excluding carboxylic acids is 1. The third kappa shape index (κ3) is 4.44. The summed E-state index contributed by atoms with van der Waals surface area (Å²) in [6, 6.07) is 9.87. The summed E-state index contributed by atoms with van der Waals surface area (Å²) in [4.78, 5) is 40.5. The Morgan fingerprint density at radius 1 is 1.13 bits per heavy atom. The number of fused-ring (bicyclic) bond motifs is 1. The molecule has 3 heterocycles. The van der Waals surface area contributed by atoms with Crippen LogP contribution < -0.4 is 15.8 Å². The van der Waals surface area contributed by atoms with Gasteiger partial charge in [-0.2, -0.15) is 0 Å². The third-order valence-corrected chi connectivity index (χ3v) is 5.80. The van der Waals surface area contributed by atoms with Gasteiger partial charge in [0.25, 0.3) is 11.5 Å². The molecule has 1 aromatic carbocycles. The Hall–Kier alpha value is -3.26. The van der Waals surface area contributed by atoms with Crippen LogP contribution in [0.15, 0.2) is 35.1 Å². The highest BCUT2D eigenvalue weighted by atomic mass is 16.1. The predicted octanol–water partition coefficient (Wildman–Crippen LogP) is 1.87. The van der Waals surface area contributed by atoms with Gasteiger partial charge in [0.1, 0.15) is 11.4 Å². The first-order valence-corrected chi connectivity index (χ1v) is 10.7. The molecule has 3 aromatic rings. The smallest absolute Gasteiger partial charge is 0.270 e. The van der Waals surface area contributed by atoms with Gasteiger partial charge < -0.3 is 15.2 Å². The summed E-state index contributed by atoms with van der Waals surface area (Å²) in [5, 5.41) is 2.61. The zero-order chi connectivity index (χ0) is 22.0. The Bertz CT molecular complexity index is 1160. The lowest BCUT2D eigenvalue weighted by Crippen LogP contribution is -2.46. The maximum absolute atomic E-state index is 12.1. The Morgan fingerprint density at radius 2 is 1.90 bits per heavy atom. The monoisotopic (exact) mass is 420 g/mol. The standard InChI is InChI=1S/C23H28N6O2/c1-4-17-23(31)27-20-13-16(5-6-18(20)26-17)14-28-9-11-29(12-10-28)21-8-7-19(22(30)24-3)25-15(21)2/h5-8,13H,4,9-12,14H2,1-3H3,(H,24,30)(H,27,31). The maximum Gasteiger partial charge on any atom is 0.270 e. The van der Waals surface area contributed by atoms with E-state index in [-0.39, 0.29) is 11.5 Å². The van der Waals surface area contributed by atoms with Crippen LogP contribution >= 0.6 is 0 Å². The van der Waals surface area contributed by atoms with E-state index in [0.717, 1.165) is 60.7 Å². The van der Waals surface area contributed by atoms with Gasteiger partial charge in [-0.05, 0) is 43.2 Å². The molecule has 1 amide bonds. The number of carbonyl (C=O) groups is 1. The van der Waals surface area contributed by atoms with Crippen LogP contribution in [0.2, 0.25) is 0 Å². The number of anilines is 1. The number of hydrogen-bond acceptors (Lipinski definition) is 6. The number of aromatic nitrogens is 3. The van der Waals surface area contributed by atoms with Crippen molar-refractivity contribution in [2.24, 2.45) is 0 Å². The van der Waals surface area contributed by atoms with Crippen molar-refractivity contribution < 1.29 is 4.79 Å². The number of benzene rings is 1. The summed E-state index contributed by atoms with van der Waals surface area (Å²) in [7, 11) is 1.61. The van der Waals surface area contributed by atoms with Gasteiger partial charge in [-0.25, -0.2) is 9.97 Å². The molecule has 1 aliphatic heterocycles. The minimum Gasteiger partial charge on any atom is -0.368 e. The fourth-order valence-corrected chi connectivity index (χ4v) is 4.06. The van der Waals surface area contributed by atoms with Crippen molar-refractivity contribution in [2.75, 3.05) is 38.1 Å². The van der Waals surface area contributed by atoms with Crippen molar-refractivity contribution in [3.8, 4) is 0 Å². The van der Waals surface area contributed by atoms with Crippen LogP contribution in [0.25, 0.3) is 11.0 Å². The van der Waals surface area contributed by atoms with E-state index in [4.69, 9.17) is 0 Å². The van der Waals surface area contributed by atoms with Crippen molar-refractivity contribution >= 4 is 22.6 Å². The van der Waals surface area contributed by atoms with Crippen LogP contribution in [0.5, 0.6) is 0 Å². The molecule has 0 unspecified atom stereocenters. The van der Waals surface area contributed by atoms with E-state index in [0.29, 0.717) is 17.8 Å². The van der Waals surface area contributed by atoms with Crippen LogP contribution in [0.4, 0.5) is 5.69 Å². The van der Waals surface area contributed by atoms with E-state index in [1.165, 1.54) is 0 Å². The minimum atomic E-state index is -0.169. The Balaban J connectivity index is 1.41. The number of aromatic amines is 1. The van der Waals surface area contributed by atoms with Crippen molar-refractivity contribution in [1.29, 1.82) is 0 Å². The van der Waals surface area contributed by atoms with Gasteiger partial charge in [0.2, 0.25) is 0 Å². The molecule has 2 aromatic heterocycles. The van der Waals surface area contributed by atoms with Crippen LogP contribution in [0, 0.1) is 6.92 Å². The van der Waals surface area contributed by atoms with E-state index in [1.807, 2.05) is 32.0 Å². The molecule has 1 saturated heterocycles. The lowest BCUT2D eigenvalue weighted by molar-refractivity contribution is 0.0958. The second-order valence-electron chi connectivity index (χ2n) is 7.86. The van der Waals surface area contributed by atoms with Gasteiger partial charge in [0.05, 0.1) is 22.4 Å². The molecule has 162 valence electrons. The average Bonchev–Trinajstić information content (AvgIpc) is 2.78. The molecule has 0 atom stereocenters. The molecule has 0 bridgehead atoms. The second-order valence-corrected chi connectivity index (χ2v) is 7.86. The number of piperazine rings is 1. The summed E-state index contributed by atoms with van der Waals surface area (Å²) in [5.74, 6) is -0.169. The van der Waals surface area contributed by atoms with Gasteiger partial charge in [0, 0.05) is 39.8 Å². The molecule has 1 fully saturated rings. The predicted molar refractivity (Wildman–Crippen MR) is 122 cm³/mol. The van der Waals surface area contributed by atoms with Crippen molar-refractivity contribution in [3.05, 3.63) is 63.3 Å². The normalized spacial score (nSPS) is 14.7. The number of H-pyrrole nitrogens is 1. The molecule has 1 aliphatic rings. The quantitative estimate of drug-likeness (QED) is 0.655. The van der Waals surface area contributed by atoms with E-state index in [1.54, 1.807) is 13.1 Å². The topological polar surface area (TPSA) is 94.2 Å². The van der Waals surface area contributed by atoms with Gasteiger partial charge in [-0.1, -0.05) is 13.0 Å². The number of nitrogens with one attached hydrogen (secondary N) is 2. The van der Waals surface area contributed by atoms with Gasteiger partial charge in [-0.15, -0.1) is 0 Å². The molecule has 2 N–H and O–H groups in total. The molecule has 31 heavy (non-hydrogen) atoms. The highest BCUT2D eigenvalue weighted by Gasteiger charge is 2.20. The van der Waals surface area contributed by atoms with E-state index in [2.05, 4.69) is 36.1 Å². The summed E-state index contributed by atoms with van der Waals surface area (Å²) in [6.07, 6.45) is 0.626. The van der Waals surface area contributed by atoms with Crippen LogP contribution in [0.1, 0.15) is 34.4 Å². The average molecular weight is 421 g/mol. The molecule has 8 heteroatoms. The van der Waals surface area contributed by atoms with Crippen LogP contribution in [-0.2, 0) is 13.0 Å². The van der Waals surface area contributed by atoms with Gasteiger partial charge >= 0.3 is 0 Å². The molecule has 0 radical (unpaired) electrons. The number of amides is 1. The number of rotatable bonds is 5. The largest absolute Gasteiger partial charge is 0.368 e. The number of aryl methyl sites for hydroxylation is 2. The molecule has 4 rings (SSSR count). The summed E-state index contributed by atoms with van der Waals surface area (Å²) in [6.45, 7) is 8.36. The fraction of sp³-hybridized carbons (Fsp3) is 0.391. The minimum absolute atomic E-state index is 0.104. The molecule has 0 aliphatic carbocycles. The highest BCUT2D eigenvalue weighted by Crippen LogP contribution is 2.21. The number of hydrogen-bond donors (Lipinski definition) is 2. The van der Waals surface area contributed by atoms with Crippen molar-refractivity contribution in [2.45, 2.75) is 26.8 Å². The third-order valence-electron chi connectivity index (χ3n) is 5.80.